The van der Waals surface area contributed by atoms with Gasteiger partial charge in [0.15, 0.2) is 0 Å². The predicted molar refractivity (Wildman–Crippen MR) is 118 cm³/mol. The van der Waals surface area contributed by atoms with E-state index in [-0.39, 0.29) is 17.9 Å². The quantitative estimate of drug-likeness (QED) is 0.727. The molecule has 0 unspecified atom stereocenters. The first-order valence-electron chi connectivity index (χ1n) is 11.3. The van der Waals surface area contributed by atoms with Gasteiger partial charge in [0.1, 0.15) is 17.5 Å². The van der Waals surface area contributed by atoms with Crippen molar-refractivity contribution in [2.24, 2.45) is 0 Å². The van der Waals surface area contributed by atoms with Crippen molar-refractivity contribution in [3.63, 3.8) is 0 Å². The third-order valence-electron chi connectivity index (χ3n) is 6.41. The van der Waals surface area contributed by atoms with Crippen LogP contribution in [0.5, 0.6) is 5.75 Å². The van der Waals surface area contributed by atoms with Crippen LogP contribution in [0.15, 0.2) is 48.5 Å². The normalized spacial score (nSPS) is 20.3. The first kappa shape index (κ1) is 21.0. The minimum absolute atomic E-state index is 0.00197. The van der Waals surface area contributed by atoms with Gasteiger partial charge in [-0.25, -0.2) is 0 Å². The topological polar surface area (TPSA) is 88.1 Å². The molecule has 7 heteroatoms. The van der Waals surface area contributed by atoms with Gasteiger partial charge in [0.05, 0.1) is 13.2 Å². The SMILES string of the molecule is O=C(NC1CC1)c1ccc(OC2CCN(C(=O)c3ccc(C4(O)COC4)cc3)CC2)cc1. The van der Waals surface area contributed by atoms with E-state index >= 15 is 0 Å². The summed E-state index contributed by atoms with van der Waals surface area (Å²) in [4.78, 5) is 26.8. The summed E-state index contributed by atoms with van der Waals surface area (Å²) < 4.78 is 11.2. The van der Waals surface area contributed by atoms with Crippen molar-refractivity contribution in [2.75, 3.05) is 26.3 Å². The van der Waals surface area contributed by atoms with Crippen LogP contribution in [0.3, 0.4) is 0 Å². The molecule has 2 N–H and O–H groups in total. The fraction of sp³-hybridized carbons (Fsp3) is 0.440. The van der Waals surface area contributed by atoms with Crippen LogP contribution in [0.4, 0.5) is 0 Å². The van der Waals surface area contributed by atoms with Crippen LogP contribution in [-0.4, -0.2) is 60.3 Å². The summed E-state index contributed by atoms with van der Waals surface area (Å²) in [6.45, 7) is 1.85. The zero-order valence-electron chi connectivity index (χ0n) is 18.0. The number of benzene rings is 2. The van der Waals surface area contributed by atoms with Gasteiger partial charge in [-0.3, -0.25) is 9.59 Å². The smallest absolute Gasteiger partial charge is 0.253 e. The van der Waals surface area contributed by atoms with Gasteiger partial charge in [-0.05, 0) is 54.8 Å². The van der Waals surface area contributed by atoms with Crippen LogP contribution in [0.25, 0.3) is 0 Å². The number of hydrogen-bond donors (Lipinski definition) is 2. The van der Waals surface area contributed by atoms with Gasteiger partial charge in [-0.15, -0.1) is 0 Å². The molecule has 168 valence electrons. The van der Waals surface area contributed by atoms with Gasteiger partial charge < -0.3 is 24.8 Å². The van der Waals surface area contributed by atoms with Crippen molar-refractivity contribution in [1.82, 2.24) is 10.2 Å². The van der Waals surface area contributed by atoms with Crippen LogP contribution in [0, 0.1) is 0 Å². The minimum atomic E-state index is -0.920. The molecule has 0 bridgehead atoms. The Morgan fingerprint density at radius 2 is 1.56 bits per heavy atom. The predicted octanol–water partition coefficient (Wildman–Crippen LogP) is 2.48. The van der Waals surface area contributed by atoms with E-state index in [1.807, 2.05) is 17.0 Å². The number of carbonyl (C=O) groups is 2. The molecule has 3 aliphatic rings. The van der Waals surface area contributed by atoms with Crippen LogP contribution in [0.1, 0.15) is 52.0 Å². The summed E-state index contributed by atoms with van der Waals surface area (Å²) in [6, 6.07) is 14.8. The number of aliphatic hydroxyl groups is 1. The largest absolute Gasteiger partial charge is 0.490 e. The zero-order valence-corrected chi connectivity index (χ0v) is 18.0. The fourth-order valence-electron chi connectivity index (χ4n) is 4.12. The van der Waals surface area contributed by atoms with Gasteiger partial charge in [-0.1, -0.05) is 12.1 Å². The number of hydrogen-bond acceptors (Lipinski definition) is 5. The Labute approximate surface area is 187 Å². The summed E-state index contributed by atoms with van der Waals surface area (Å²) in [7, 11) is 0. The van der Waals surface area contributed by atoms with E-state index in [2.05, 4.69) is 5.32 Å². The molecule has 2 saturated heterocycles. The molecular formula is C25H28N2O5. The van der Waals surface area contributed by atoms with Crippen LogP contribution >= 0.6 is 0 Å². The second-order valence-electron chi connectivity index (χ2n) is 8.98. The lowest BCUT2D eigenvalue weighted by Crippen LogP contribution is -2.46. The molecule has 0 radical (unpaired) electrons. The molecular weight excluding hydrogens is 408 g/mol. The summed E-state index contributed by atoms with van der Waals surface area (Å²) >= 11 is 0. The molecule has 2 aromatic rings. The highest BCUT2D eigenvalue weighted by molar-refractivity contribution is 5.95. The highest BCUT2D eigenvalue weighted by Crippen LogP contribution is 2.29. The average Bonchev–Trinajstić information content (AvgIpc) is 3.62. The summed E-state index contributed by atoms with van der Waals surface area (Å²) in [5, 5.41) is 13.3. The molecule has 2 heterocycles. The maximum Gasteiger partial charge on any atom is 0.253 e. The molecule has 2 aliphatic heterocycles. The highest BCUT2D eigenvalue weighted by Gasteiger charge is 2.38. The van der Waals surface area contributed by atoms with Crippen molar-refractivity contribution in [1.29, 1.82) is 0 Å². The Bertz CT molecular complexity index is 972. The van der Waals surface area contributed by atoms with Crippen LogP contribution < -0.4 is 10.1 Å². The molecule has 7 nitrogen and oxygen atoms in total. The van der Waals surface area contributed by atoms with Crippen LogP contribution in [-0.2, 0) is 10.3 Å². The molecule has 1 aliphatic carbocycles. The molecule has 0 aromatic heterocycles. The Balaban J connectivity index is 1.11. The maximum absolute atomic E-state index is 12.9. The van der Waals surface area contributed by atoms with Crippen molar-refractivity contribution in [3.05, 3.63) is 65.2 Å². The van der Waals surface area contributed by atoms with E-state index in [0.29, 0.717) is 43.5 Å². The fourth-order valence-corrected chi connectivity index (χ4v) is 4.12. The second-order valence-corrected chi connectivity index (χ2v) is 8.98. The van der Waals surface area contributed by atoms with E-state index in [1.54, 1.807) is 36.4 Å². The maximum atomic E-state index is 12.9. The molecule has 2 aromatic carbocycles. The number of nitrogens with one attached hydrogen (secondary N) is 1. The number of carbonyl (C=O) groups excluding carboxylic acids is 2. The Kier molecular flexibility index (Phi) is 5.61. The van der Waals surface area contributed by atoms with E-state index in [0.717, 1.165) is 37.0 Å². The number of rotatable bonds is 6. The van der Waals surface area contributed by atoms with E-state index in [4.69, 9.17) is 9.47 Å². The standard InChI is InChI=1S/C25H28N2O5/c28-23(26-20-7-8-20)17-3-9-21(10-4-17)32-22-11-13-27(14-12-22)24(29)18-1-5-19(6-2-18)25(30)15-31-16-25/h1-6,9-10,20,22,30H,7-8,11-16H2,(H,26,28). The Morgan fingerprint density at radius 1 is 0.938 bits per heavy atom. The first-order valence-corrected chi connectivity index (χ1v) is 11.3. The third kappa shape index (κ3) is 4.49. The number of nitrogens with zero attached hydrogens (tertiary/aromatic N) is 1. The Hall–Kier alpha value is -2.90. The van der Waals surface area contributed by atoms with E-state index in [1.165, 1.54) is 0 Å². The third-order valence-corrected chi connectivity index (χ3v) is 6.41. The van der Waals surface area contributed by atoms with Crippen LogP contribution in [0.2, 0.25) is 0 Å². The molecule has 5 rings (SSSR count). The second kappa shape index (κ2) is 8.56. The summed E-state index contributed by atoms with van der Waals surface area (Å²) in [6.07, 6.45) is 3.69. The molecule has 0 spiro atoms. The molecule has 3 fully saturated rings. The van der Waals surface area contributed by atoms with Gasteiger partial charge in [0.2, 0.25) is 0 Å². The van der Waals surface area contributed by atoms with Gasteiger partial charge in [0.25, 0.3) is 11.8 Å². The number of likely N-dealkylation sites (tertiary alicyclic amines) is 1. The number of piperidine rings is 1. The number of amides is 2. The monoisotopic (exact) mass is 436 g/mol. The van der Waals surface area contributed by atoms with E-state index < -0.39 is 5.60 Å². The Morgan fingerprint density at radius 3 is 2.12 bits per heavy atom. The zero-order chi connectivity index (χ0) is 22.1. The summed E-state index contributed by atoms with van der Waals surface area (Å²) in [5.41, 5.74) is 1.13. The van der Waals surface area contributed by atoms with Gasteiger partial charge >= 0.3 is 0 Å². The lowest BCUT2D eigenvalue weighted by molar-refractivity contribution is -0.184. The van der Waals surface area contributed by atoms with Gasteiger partial charge in [0, 0.05) is 43.1 Å². The van der Waals surface area contributed by atoms with Crippen molar-refractivity contribution >= 4 is 11.8 Å². The van der Waals surface area contributed by atoms with Crippen molar-refractivity contribution in [3.8, 4) is 5.75 Å². The summed E-state index contributed by atoms with van der Waals surface area (Å²) in [5.74, 6) is 0.707. The minimum Gasteiger partial charge on any atom is -0.490 e. The highest BCUT2D eigenvalue weighted by atomic mass is 16.5. The molecule has 0 atom stereocenters. The lowest BCUT2D eigenvalue weighted by Gasteiger charge is -2.37. The molecule has 2 amide bonds. The lowest BCUT2D eigenvalue weighted by atomic mass is 9.91. The van der Waals surface area contributed by atoms with Crippen molar-refractivity contribution in [2.45, 2.75) is 43.4 Å². The molecule has 32 heavy (non-hydrogen) atoms. The van der Waals surface area contributed by atoms with E-state index in [9.17, 15) is 14.7 Å². The first-order chi connectivity index (χ1) is 15.5. The molecule has 1 saturated carbocycles. The number of ether oxygens (including phenoxy) is 2. The van der Waals surface area contributed by atoms with Crippen molar-refractivity contribution < 1.29 is 24.2 Å². The van der Waals surface area contributed by atoms with Gasteiger partial charge in [-0.2, -0.15) is 0 Å². The average molecular weight is 437 g/mol.